The highest BCUT2D eigenvalue weighted by Crippen LogP contribution is 2.30. The largest absolute Gasteiger partial charge is 0.334 e. The molecular formula is C31H32FN7O2. The molecule has 210 valence electrons. The first-order valence-corrected chi connectivity index (χ1v) is 13.8. The van der Waals surface area contributed by atoms with Crippen LogP contribution in [0.15, 0.2) is 58.5 Å². The van der Waals surface area contributed by atoms with E-state index in [1.54, 1.807) is 25.5 Å². The van der Waals surface area contributed by atoms with Crippen LogP contribution in [0.2, 0.25) is 0 Å². The number of benzene rings is 1. The lowest BCUT2D eigenvalue weighted by Gasteiger charge is -2.20. The van der Waals surface area contributed by atoms with Crippen LogP contribution in [0.4, 0.5) is 15.9 Å². The highest BCUT2D eigenvalue weighted by Gasteiger charge is 2.21. The molecule has 4 aromatic heterocycles. The van der Waals surface area contributed by atoms with Crippen molar-refractivity contribution < 1.29 is 4.39 Å². The van der Waals surface area contributed by atoms with Gasteiger partial charge in [-0.3, -0.25) is 14.3 Å². The number of fused-ring (bicyclic) bond motifs is 2. The first-order chi connectivity index (χ1) is 19.5. The highest BCUT2D eigenvalue weighted by atomic mass is 19.1. The van der Waals surface area contributed by atoms with E-state index in [9.17, 15) is 9.59 Å². The van der Waals surface area contributed by atoms with E-state index in [2.05, 4.69) is 20.5 Å². The first-order valence-electron chi connectivity index (χ1n) is 13.8. The van der Waals surface area contributed by atoms with Gasteiger partial charge in [0.2, 0.25) is 0 Å². The predicted molar refractivity (Wildman–Crippen MR) is 158 cm³/mol. The summed E-state index contributed by atoms with van der Waals surface area (Å²) in [6, 6.07) is 8.85. The van der Waals surface area contributed by atoms with Crippen molar-refractivity contribution >= 4 is 22.3 Å². The van der Waals surface area contributed by atoms with E-state index in [0.29, 0.717) is 29.1 Å². The molecule has 1 aliphatic heterocycles. The molecule has 0 bridgehead atoms. The fourth-order valence-corrected chi connectivity index (χ4v) is 5.51. The van der Waals surface area contributed by atoms with Gasteiger partial charge < -0.3 is 9.88 Å². The van der Waals surface area contributed by atoms with Gasteiger partial charge in [-0.1, -0.05) is 27.7 Å². The fraction of sp³-hybridized carbons (Fsp3) is 0.323. The van der Waals surface area contributed by atoms with Crippen molar-refractivity contribution in [3.8, 4) is 16.9 Å². The molecule has 0 amide bonds. The van der Waals surface area contributed by atoms with Crippen LogP contribution in [0.5, 0.6) is 0 Å². The number of pyridine rings is 2. The quantitative estimate of drug-likeness (QED) is 0.328. The molecule has 0 atom stereocenters. The average molecular weight is 554 g/mol. The van der Waals surface area contributed by atoms with Gasteiger partial charge in [0.15, 0.2) is 11.6 Å². The van der Waals surface area contributed by atoms with Gasteiger partial charge in [0.1, 0.15) is 11.5 Å². The van der Waals surface area contributed by atoms with E-state index in [0.717, 1.165) is 52.0 Å². The van der Waals surface area contributed by atoms with E-state index in [4.69, 9.17) is 0 Å². The number of hydrogen-bond acceptors (Lipinski definition) is 6. The molecule has 10 heteroatoms. The molecule has 1 aliphatic rings. The van der Waals surface area contributed by atoms with Gasteiger partial charge in [-0.05, 0) is 60.1 Å². The van der Waals surface area contributed by atoms with Crippen LogP contribution in [0, 0.1) is 5.82 Å². The van der Waals surface area contributed by atoms with E-state index >= 15 is 4.39 Å². The molecule has 0 saturated heterocycles. The molecule has 5 heterocycles. The molecule has 0 radical (unpaired) electrons. The lowest BCUT2D eigenvalue weighted by Crippen LogP contribution is -2.25. The van der Waals surface area contributed by atoms with E-state index in [1.165, 1.54) is 16.8 Å². The number of aromatic nitrogens is 6. The number of anilines is 2. The van der Waals surface area contributed by atoms with Crippen molar-refractivity contribution in [2.75, 3.05) is 5.32 Å². The summed E-state index contributed by atoms with van der Waals surface area (Å²) in [4.78, 5) is 31.1. The maximum Gasteiger partial charge on any atom is 0.283 e. The summed E-state index contributed by atoms with van der Waals surface area (Å²) in [5, 5.41) is 12.6. The third-order valence-electron chi connectivity index (χ3n) is 7.72. The summed E-state index contributed by atoms with van der Waals surface area (Å²) in [7, 11) is 1.70. The van der Waals surface area contributed by atoms with E-state index in [1.807, 2.05) is 50.6 Å². The smallest absolute Gasteiger partial charge is 0.283 e. The van der Waals surface area contributed by atoms with Crippen LogP contribution < -0.4 is 16.4 Å². The van der Waals surface area contributed by atoms with Gasteiger partial charge in [0.25, 0.3) is 11.1 Å². The van der Waals surface area contributed by atoms with Crippen LogP contribution in [0.3, 0.4) is 0 Å². The van der Waals surface area contributed by atoms with Crippen LogP contribution in [-0.4, -0.2) is 29.1 Å². The molecule has 1 aromatic carbocycles. The Morgan fingerprint density at radius 2 is 1.90 bits per heavy atom. The summed E-state index contributed by atoms with van der Waals surface area (Å²) in [5.41, 5.74) is 3.58. The van der Waals surface area contributed by atoms with E-state index in [-0.39, 0.29) is 16.4 Å². The Morgan fingerprint density at radius 1 is 1.10 bits per heavy atom. The summed E-state index contributed by atoms with van der Waals surface area (Å²) < 4.78 is 20.0. The SMILES string of the molecule is CCc1c(-c2cc(Nc3cc4n(n3)CCC4)c(=O)n(C)c2)ccnc1-n1ncc2cc(C(C)(C)C)cc(F)c2c1=O. The van der Waals surface area contributed by atoms with Crippen molar-refractivity contribution in [3.05, 3.63) is 92.3 Å². The minimum atomic E-state index is -0.582. The number of nitrogens with one attached hydrogen (secondary N) is 1. The molecule has 5 aromatic rings. The maximum atomic E-state index is 15.3. The zero-order valence-electron chi connectivity index (χ0n) is 23.8. The van der Waals surface area contributed by atoms with Crippen molar-refractivity contribution in [2.45, 2.75) is 58.9 Å². The maximum absolute atomic E-state index is 15.3. The summed E-state index contributed by atoms with van der Waals surface area (Å²) in [6.45, 7) is 8.81. The van der Waals surface area contributed by atoms with Crippen LogP contribution >= 0.6 is 0 Å². The third kappa shape index (κ3) is 4.63. The first kappa shape index (κ1) is 26.6. The number of nitrogens with zero attached hydrogens (tertiary/aromatic N) is 6. The normalized spacial score (nSPS) is 13.1. The molecular weight excluding hydrogens is 521 g/mol. The van der Waals surface area contributed by atoms with E-state index < -0.39 is 11.4 Å². The summed E-state index contributed by atoms with van der Waals surface area (Å²) in [6.07, 6.45) is 7.43. The summed E-state index contributed by atoms with van der Waals surface area (Å²) >= 11 is 0. The molecule has 0 saturated carbocycles. The van der Waals surface area contributed by atoms with Crippen molar-refractivity contribution in [3.63, 3.8) is 0 Å². The number of halogens is 1. The average Bonchev–Trinajstić information content (AvgIpc) is 3.52. The van der Waals surface area contributed by atoms with Gasteiger partial charge >= 0.3 is 0 Å². The number of rotatable bonds is 5. The third-order valence-corrected chi connectivity index (χ3v) is 7.72. The number of aryl methyl sites for hydroxylation is 3. The topological polar surface area (TPSA) is 99.6 Å². The molecule has 41 heavy (non-hydrogen) atoms. The van der Waals surface area contributed by atoms with Gasteiger partial charge in [-0.15, -0.1) is 0 Å². The molecule has 1 N–H and O–H groups in total. The summed E-state index contributed by atoms with van der Waals surface area (Å²) in [5.74, 6) is 0.371. The Hall–Kier alpha value is -4.60. The Balaban J connectivity index is 1.46. The fourth-order valence-electron chi connectivity index (χ4n) is 5.51. The lowest BCUT2D eigenvalue weighted by molar-refractivity contribution is 0.576. The predicted octanol–water partition coefficient (Wildman–Crippen LogP) is 5.03. The zero-order valence-corrected chi connectivity index (χ0v) is 23.8. The molecule has 6 rings (SSSR count). The van der Waals surface area contributed by atoms with Crippen molar-refractivity contribution in [1.82, 2.24) is 29.1 Å². The van der Waals surface area contributed by atoms with Gasteiger partial charge in [-0.2, -0.15) is 14.9 Å². The van der Waals surface area contributed by atoms with Crippen molar-refractivity contribution in [2.24, 2.45) is 7.05 Å². The van der Waals surface area contributed by atoms with Gasteiger partial charge in [0.05, 0.1) is 11.6 Å². The number of hydrogen-bond donors (Lipinski definition) is 1. The minimum absolute atomic E-state index is 0.0252. The Bertz CT molecular complexity index is 1920. The second kappa shape index (κ2) is 9.79. The second-order valence-electron chi connectivity index (χ2n) is 11.6. The second-order valence-corrected chi connectivity index (χ2v) is 11.6. The molecule has 0 fully saturated rings. The monoisotopic (exact) mass is 553 g/mol. The molecule has 0 spiro atoms. The minimum Gasteiger partial charge on any atom is -0.334 e. The lowest BCUT2D eigenvalue weighted by atomic mass is 9.86. The standard InChI is InChI=1S/C31H32FN7O2/c1-6-22-23(19-13-25(29(40)37(5)17-19)35-26-15-21-8-7-11-38(21)36-26)9-10-33-28(22)39-30(41)27-18(16-34-39)12-20(14-24(27)32)31(2,3)4/h9-10,12-17H,6-8,11H2,1-5H3,(H,35,36). The Kier molecular flexibility index (Phi) is 6.36. The van der Waals surface area contributed by atoms with Crippen LogP contribution in [-0.2, 0) is 31.8 Å². The molecule has 0 unspecified atom stereocenters. The highest BCUT2D eigenvalue weighted by molar-refractivity contribution is 5.83. The van der Waals surface area contributed by atoms with Gasteiger partial charge in [0, 0.05) is 54.3 Å². The molecule has 9 nitrogen and oxygen atoms in total. The molecule has 0 aliphatic carbocycles. The van der Waals surface area contributed by atoms with Crippen LogP contribution in [0.25, 0.3) is 27.7 Å². The van der Waals surface area contributed by atoms with Crippen LogP contribution in [0.1, 0.15) is 50.9 Å². The zero-order chi connectivity index (χ0) is 29.1. The van der Waals surface area contributed by atoms with Crippen molar-refractivity contribution in [1.29, 1.82) is 0 Å². The Morgan fingerprint density at radius 3 is 2.63 bits per heavy atom. The van der Waals surface area contributed by atoms with Gasteiger partial charge in [-0.25, -0.2) is 9.37 Å². The Labute approximate surface area is 236 Å².